The minimum atomic E-state index is -0.254. The Balaban J connectivity index is 1.99. The molecule has 0 aromatic heterocycles. The van der Waals surface area contributed by atoms with E-state index in [-0.39, 0.29) is 24.0 Å². The van der Waals surface area contributed by atoms with Gasteiger partial charge in [0.1, 0.15) is 5.82 Å². The van der Waals surface area contributed by atoms with Crippen molar-refractivity contribution in [3.63, 3.8) is 0 Å². The van der Waals surface area contributed by atoms with Crippen molar-refractivity contribution in [2.75, 3.05) is 0 Å². The van der Waals surface area contributed by atoms with Gasteiger partial charge in [-0.2, -0.15) is 0 Å². The number of hydrogen-bond acceptors (Lipinski definition) is 2. The molecule has 2 rings (SSSR count). The van der Waals surface area contributed by atoms with Crippen LogP contribution >= 0.6 is 0 Å². The van der Waals surface area contributed by atoms with Crippen molar-refractivity contribution < 1.29 is 9.50 Å². The zero-order valence-corrected chi connectivity index (χ0v) is 9.49. The van der Waals surface area contributed by atoms with E-state index in [2.05, 4.69) is 5.32 Å². The first-order valence-corrected chi connectivity index (χ1v) is 5.86. The molecule has 0 radical (unpaired) electrons. The summed E-state index contributed by atoms with van der Waals surface area (Å²) in [4.78, 5) is 0. The molecule has 0 spiro atoms. The Hall–Kier alpha value is -0.930. The first-order chi connectivity index (χ1) is 7.66. The Bertz CT molecular complexity index is 356. The van der Waals surface area contributed by atoms with Crippen molar-refractivity contribution in [2.24, 2.45) is 0 Å². The molecule has 88 valence electrons. The standard InChI is InChI=1S/C13H18FNO/c1-9(10-4-2-5-11(14)8-10)15-12-6-3-7-13(12)16/h2,4-5,8-9,12-13,15-16H,3,6-7H2,1H3. The van der Waals surface area contributed by atoms with E-state index < -0.39 is 0 Å². The maximum absolute atomic E-state index is 13.0. The zero-order valence-electron chi connectivity index (χ0n) is 9.49. The maximum Gasteiger partial charge on any atom is 0.123 e. The third-order valence-electron chi connectivity index (χ3n) is 3.29. The largest absolute Gasteiger partial charge is 0.392 e. The van der Waals surface area contributed by atoms with Gasteiger partial charge in [0.25, 0.3) is 0 Å². The fourth-order valence-corrected chi connectivity index (χ4v) is 2.33. The molecule has 1 aromatic carbocycles. The summed E-state index contributed by atoms with van der Waals surface area (Å²) in [6.45, 7) is 2.00. The molecule has 1 saturated carbocycles. The van der Waals surface area contributed by atoms with Gasteiger partial charge in [-0.05, 0) is 43.9 Å². The number of aliphatic hydroxyl groups is 1. The quantitative estimate of drug-likeness (QED) is 0.824. The molecular formula is C13H18FNO. The highest BCUT2D eigenvalue weighted by Crippen LogP contribution is 2.22. The third-order valence-corrected chi connectivity index (χ3v) is 3.29. The van der Waals surface area contributed by atoms with Crippen LogP contribution in [-0.2, 0) is 0 Å². The van der Waals surface area contributed by atoms with E-state index in [9.17, 15) is 9.50 Å². The molecule has 0 bridgehead atoms. The first kappa shape index (κ1) is 11.6. The molecule has 16 heavy (non-hydrogen) atoms. The molecule has 3 atom stereocenters. The normalized spacial score (nSPS) is 26.9. The number of benzene rings is 1. The second kappa shape index (κ2) is 4.93. The fraction of sp³-hybridized carbons (Fsp3) is 0.538. The van der Waals surface area contributed by atoms with Gasteiger partial charge in [-0.1, -0.05) is 12.1 Å². The van der Waals surface area contributed by atoms with Crippen LogP contribution in [-0.4, -0.2) is 17.3 Å². The van der Waals surface area contributed by atoms with Crippen LogP contribution in [0.25, 0.3) is 0 Å². The molecule has 1 aliphatic rings. The monoisotopic (exact) mass is 223 g/mol. The van der Waals surface area contributed by atoms with Gasteiger partial charge in [0.2, 0.25) is 0 Å². The number of aliphatic hydroxyl groups excluding tert-OH is 1. The van der Waals surface area contributed by atoms with E-state index in [1.54, 1.807) is 12.1 Å². The summed E-state index contributed by atoms with van der Waals surface area (Å²) in [5, 5.41) is 13.1. The van der Waals surface area contributed by atoms with Crippen LogP contribution in [0, 0.1) is 5.82 Å². The van der Waals surface area contributed by atoms with Gasteiger partial charge in [0.05, 0.1) is 6.10 Å². The van der Waals surface area contributed by atoms with Crippen LogP contribution in [0.5, 0.6) is 0 Å². The van der Waals surface area contributed by atoms with E-state index >= 15 is 0 Å². The van der Waals surface area contributed by atoms with E-state index in [0.717, 1.165) is 24.8 Å². The summed E-state index contributed by atoms with van der Waals surface area (Å²) in [6, 6.07) is 6.84. The van der Waals surface area contributed by atoms with Crippen molar-refractivity contribution in [3.8, 4) is 0 Å². The molecule has 1 aliphatic carbocycles. The van der Waals surface area contributed by atoms with E-state index in [1.165, 1.54) is 6.07 Å². The molecule has 3 heteroatoms. The van der Waals surface area contributed by atoms with Crippen molar-refractivity contribution in [1.82, 2.24) is 5.32 Å². The number of halogens is 1. The minimum absolute atomic E-state index is 0.0773. The molecule has 1 fully saturated rings. The van der Waals surface area contributed by atoms with Crippen LogP contribution in [0.3, 0.4) is 0 Å². The van der Waals surface area contributed by atoms with Gasteiger partial charge in [-0.25, -0.2) is 4.39 Å². The third kappa shape index (κ3) is 2.60. The predicted molar refractivity (Wildman–Crippen MR) is 61.6 cm³/mol. The Morgan fingerprint density at radius 1 is 1.44 bits per heavy atom. The van der Waals surface area contributed by atoms with Crippen LogP contribution in [0.15, 0.2) is 24.3 Å². The minimum Gasteiger partial charge on any atom is -0.392 e. The van der Waals surface area contributed by atoms with Gasteiger partial charge in [-0.3, -0.25) is 0 Å². The lowest BCUT2D eigenvalue weighted by Crippen LogP contribution is -2.37. The smallest absolute Gasteiger partial charge is 0.123 e. The van der Waals surface area contributed by atoms with Gasteiger partial charge in [-0.15, -0.1) is 0 Å². The van der Waals surface area contributed by atoms with Crippen LogP contribution in [0.4, 0.5) is 4.39 Å². The van der Waals surface area contributed by atoms with Crippen LogP contribution in [0.1, 0.15) is 37.8 Å². The summed E-state index contributed by atoms with van der Waals surface area (Å²) in [5.41, 5.74) is 0.930. The molecule has 0 aliphatic heterocycles. The van der Waals surface area contributed by atoms with Crippen molar-refractivity contribution >= 4 is 0 Å². The lowest BCUT2D eigenvalue weighted by Gasteiger charge is -2.22. The number of hydrogen-bond donors (Lipinski definition) is 2. The zero-order chi connectivity index (χ0) is 11.5. The average Bonchev–Trinajstić information content (AvgIpc) is 2.64. The Labute approximate surface area is 95.5 Å². The van der Waals surface area contributed by atoms with Crippen molar-refractivity contribution in [2.45, 2.75) is 44.4 Å². The van der Waals surface area contributed by atoms with Crippen LogP contribution in [0.2, 0.25) is 0 Å². The number of nitrogens with one attached hydrogen (secondary N) is 1. The summed E-state index contributed by atoms with van der Waals surface area (Å²) in [5.74, 6) is -0.210. The second-order valence-electron chi connectivity index (χ2n) is 4.55. The number of rotatable bonds is 3. The first-order valence-electron chi connectivity index (χ1n) is 5.86. The van der Waals surface area contributed by atoms with Gasteiger partial charge in [0.15, 0.2) is 0 Å². The Morgan fingerprint density at radius 2 is 2.25 bits per heavy atom. The predicted octanol–water partition coefficient (Wildman–Crippen LogP) is 2.39. The maximum atomic E-state index is 13.0. The average molecular weight is 223 g/mol. The summed E-state index contributed by atoms with van der Waals surface area (Å²) < 4.78 is 13.0. The van der Waals surface area contributed by atoms with Crippen molar-refractivity contribution in [3.05, 3.63) is 35.6 Å². The van der Waals surface area contributed by atoms with Gasteiger partial charge in [0, 0.05) is 12.1 Å². The van der Waals surface area contributed by atoms with Crippen LogP contribution < -0.4 is 5.32 Å². The Kier molecular flexibility index (Phi) is 3.56. The fourth-order valence-electron chi connectivity index (χ4n) is 2.33. The molecule has 0 heterocycles. The molecular weight excluding hydrogens is 205 g/mol. The highest BCUT2D eigenvalue weighted by atomic mass is 19.1. The summed E-state index contributed by atoms with van der Waals surface area (Å²) in [7, 11) is 0. The molecule has 2 nitrogen and oxygen atoms in total. The molecule has 3 unspecified atom stereocenters. The molecule has 0 amide bonds. The SMILES string of the molecule is CC(NC1CCCC1O)c1cccc(F)c1. The molecule has 1 aromatic rings. The van der Waals surface area contributed by atoms with E-state index in [0.29, 0.717) is 0 Å². The summed E-state index contributed by atoms with van der Waals surface area (Å²) in [6.07, 6.45) is 2.68. The van der Waals surface area contributed by atoms with Crippen molar-refractivity contribution in [1.29, 1.82) is 0 Å². The second-order valence-corrected chi connectivity index (χ2v) is 4.55. The topological polar surface area (TPSA) is 32.3 Å². The lowest BCUT2D eigenvalue weighted by atomic mass is 10.1. The lowest BCUT2D eigenvalue weighted by molar-refractivity contribution is 0.144. The summed E-state index contributed by atoms with van der Waals surface area (Å²) >= 11 is 0. The van der Waals surface area contributed by atoms with Gasteiger partial charge >= 0.3 is 0 Å². The molecule has 2 N–H and O–H groups in total. The molecule has 0 saturated heterocycles. The van der Waals surface area contributed by atoms with Gasteiger partial charge < -0.3 is 10.4 Å². The highest BCUT2D eigenvalue weighted by molar-refractivity contribution is 5.19. The van der Waals surface area contributed by atoms with E-state index in [4.69, 9.17) is 0 Å². The van der Waals surface area contributed by atoms with E-state index in [1.807, 2.05) is 13.0 Å². The Morgan fingerprint density at radius 3 is 2.88 bits per heavy atom. The highest BCUT2D eigenvalue weighted by Gasteiger charge is 2.26.